The van der Waals surface area contributed by atoms with E-state index in [9.17, 15) is 18.0 Å². The fourth-order valence-corrected chi connectivity index (χ4v) is 13.9. The summed E-state index contributed by atoms with van der Waals surface area (Å²) in [7, 11) is -5.84. The number of carbonyl (C=O) groups excluding carboxylic acids is 2. The summed E-state index contributed by atoms with van der Waals surface area (Å²) < 4.78 is 32.2. The van der Waals surface area contributed by atoms with Gasteiger partial charge in [-0.05, 0) is 30.6 Å². The highest BCUT2D eigenvalue weighted by atomic mass is 32.3. The van der Waals surface area contributed by atoms with Gasteiger partial charge in [0.1, 0.15) is 11.6 Å². The minimum absolute atomic E-state index is 0.0845. The summed E-state index contributed by atoms with van der Waals surface area (Å²) in [5, 5.41) is 0. The maximum absolute atomic E-state index is 13.1. The van der Waals surface area contributed by atoms with Crippen LogP contribution in [0.25, 0.3) is 0 Å². The van der Waals surface area contributed by atoms with Crippen LogP contribution in [0.4, 0.5) is 0 Å². The van der Waals surface area contributed by atoms with Gasteiger partial charge in [0.05, 0.1) is 16.9 Å². The Balaban J connectivity index is 1.81. The fourth-order valence-electron chi connectivity index (χ4n) is 5.16. The highest BCUT2D eigenvalue weighted by Crippen LogP contribution is 2.65. The average Bonchev–Trinajstić information content (AvgIpc) is 2.88. The molecule has 3 fully saturated rings. The molecular weight excluding hydrogens is 404 g/mol. The van der Waals surface area contributed by atoms with Crippen LogP contribution in [0.15, 0.2) is 0 Å². The van der Waals surface area contributed by atoms with E-state index in [-0.39, 0.29) is 34.4 Å². The molecule has 2 unspecified atom stereocenters. The number of rotatable bonds is 8. The third-order valence-corrected chi connectivity index (χ3v) is 14.0. The lowest BCUT2D eigenvalue weighted by atomic mass is 9.70. The van der Waals surface area contributed by atoms with Gasteiger partial charge in [0.15, 0.2) is 0 Å². The Morgan fingerprint density at radius 2 is 1.96 bits per heavy atom. The molecule has 27 heavy (non-hydrogen) atoms. The van der Waals surface area contributed by atoms with Crippen LogP contribution in [0.3, 0.4) is 0 Å². The normalized spacial score (nSPS) is 33.1. The Labute approximate surface area is 169 Å². The van der Waals surface area contributed by atoms with E-state index in [0.29, 0.717) is 30.8 Å². The van der Waals surface area contributed by atoms with E-state index < -0.39 is 25.8 Å². The summed E-state index contributed by atoms with van der Waals surface area (Å²) in [6.07, 6.45) is 3.29. The molecule has 2 saturated carbocycles. The van der Waals surface area contributed by atoms with Gasteiger partial charge in [-0.15, -0.1) is 10.3 Å². The molecule has 3 aliphatic rings. The molecule has 2 bridgehead atoms. The number of ketones is 2. The Kier molecular flexibility index (Phi) is 6.14. The van der Waals surface area contributed by atoms with Gasteiger partial charge in [0.2, 0.25) is 0 Å². The zero-order valence-electron chi connectivity index (χ0n) is 16.6. The highest BCUT2D eigenvalue weighted by Gasteiger charge is 2.65. The van der Waals surface area contributed by atoms with E-state index in [1.165, 1.54) is 0 Å². The Morgan fingerprint density at radius 1 is 1.30 bits per heavy atom. The molecule has 0 amide bonds. The number of fused-ring (bicyclic) bond motifs is 2. The van der Waals surface area contributed by atoms with Gasteiger partial charge in [-0.1, -0.05) is 20.8 Å². The van der Waals surface area contributed by atoms with Crippen molar-refractivity contribution in [3.05, 3.63) is 0 Å². The summed E-state index contributed by atoms with van der Waals surface area (Å²) in [6, 6.07) is 0. The van der Waals surface area contributed by atoms with Crippen LogP contribution in [0, 0.1) is 16.7 Å². The van der Waals surface area contributed by atoms with Gasteiger partial charge in [-0.25, -0.2) is 3.63 Å². The van der Waals surface area contributed by atoms with Crippen molar-refractivity contribution >= 4 is 43.8 Å². The SMILES string of the molecule is CCCC(=O)CS1(OS(=O)(=O)CC23CCC(CC2=O)C3(C)C)CCSCC1. The quantitative estimate of drug-likeness (QED) is 0.579. The smallest absolute Gasteiger partial charge is 0.277 e. The number of Topliss-reactive ketones (excluding diaryl/α,β-unsaturated/α-hetero) is 2. The first-order chi connectivity index (χ1) is 12.6. The molecule has 0 aromatic carbocycles. The molecule has 0 radical (unpaired) electrons. The van der Waals surface area contributed by atoms with E-state index in [2.05, 4.69) is 0 Å². The van der Waals surface area contributed by atoms with Gasteiger partial charge in [-0.3, -0.25) is 9.59 Å². The molecule has 0 aromatic heterocycles. The second kappa shape index (κ2) is 7.65. The van der Waals surface area contributed by atoms with Crippen LogP contribution in [-0.4, -0.2) is 54.5 Å². The lowest BCUT2D eigenvalue weighted by Gasteiger charge is -2.42. The molecule has 0 spiro atoms. The fraction of sp³-hybridized carbons (Fsp3) is 0.895. The van der Waals surface area contributed by atoms with E-state index >= 15 is 0 Å². The maximum Gasteiger partial charge on any atom is 0.277 e. The highest BCUT2D eigenvalue weighted by molar-refractivity contribution is 8.34. The number of thioether (sulfide) groups is 1. The molecule has 0 aromatic rings. The van der Waals surface area contributed by atoms with Crippen LogP contribution >= 0.6 is 22.1 Å². The summed E-state index contributed by atoms with van der Waals surface area (Å²) >= 11 is 1.79. The van der Waals surface area contributed by atoms with Gasteiger partial charge in [0.25, 0.3) is 10.1 Å². The third kappa shape index (κ3) is 4.01. The molecule has 1 aliphatic heterocycles. The summed E-state index contributed by atoms with van der Waals surface area (Å²) in [6.45, 7) is 6.03. The predicted octanol–water partition coefficient (Wildman–Crippen LogP) is 3.56. The average molecular weight is 437 g/mol. The second-order valence-corrected chi connectivity index (χ2v) is 15.1. The van der Waals surface area contributed by atoms with Gasteiger partial charge in [-0.2, -0.15) is 20.2 Å². The molecule has 2 atom stereocenters. The lowest BCUT2D eigenvalue weighted by molar-refractivity contribution is -0.128. The molecule has 1 heterocycles. The van der Waals surface area contributed by atoms with Crippen molar-refractivity contribution in [3.63, 3.8) is 0 Å². The van der Waals surface area contributed by atoms with Crippen molar-refractivity contribution in [1.82, 2.24) is 0 Å². The summed E-state index contributed by atoms with van der Waals surface area (Å²) in [4.78, 5) is 25.0. The van der Waals surface area contributed by atoms with Gasteiger partial charge >= 0.3 is 0 Å². The minimum Gasteiger partial charge on any atom is -0.299 e. The first-order valence-electron chi connectivity index (χ1n) is 9.89. The number of hydrogen-bond donors (Lipinski definition) is 0. The second-order valence-electron chi connectivity index (χ2n) is 8.86. The largest absolute Gasteiger partial charge is 0.299 e. The maximum atomic E-state index is 13.1. The number of hydrogen-bond acceptors (Lipinski definition) is 6. The minimum atomic E-state index is -3.88. The Hall–Kier alpha value is -0.0500. The van der Waals surface area contributed by atoms with E-state index in [1.54, 1.807) is 11.8 Å². The first kappa shape index (κ1) is 21.7. The molecule has 5 nitrogen and oxygen atoms in total. The van der Waals surface area contributed by atoms with Crippen molar-refractivity contribution in [3.8, 4) is 0 Å². The Bertz CT molecular complexity index is 709. The standard InChI is InChI=1S/C19H32O5S3/c1-4-5-16(20)13-26(10-8-25-9-11-26)24-27(22,23)14-19-7-6-15(12-17(19)21)18(19,2)3/h15H,4-14H2,1-3H3. The summed E-state index contributed by atoms with van der Waals surface area (Å²) in [5.74, 6) is 3.47. The van der Waals surface area contributed by atoms with Crippen molar-refractivity contribution in [2.24, 2.45) is 16.7 Å². The van der Waals surface area contributed by atoms with Crippen molar-refractivity contribution in [2.45, 2.75) is 52.9 Å². The monoisotopic (exact) mass is 436 g/mol. The van der Waals surface area contributed by atoms with Crippen LogP contribution in [0.2, 0.25) is 0 Å². The first-order valence-corrected chi connectivity index (χ1v) is 14.7. The summed E-state index contributed by atoms with van der Waals surface area (Å²) in [5.41, 5.74) is -1.11. The molecule has 3 rings (SSSR count). The predicted molar refractivity (Wildman–Crippen MR) is 113 cm³/mol. The lowest BCUT2D eigenvalue weighted by Crippen LogP contribution is -2.43. The van der Waals surface area contributed by atoms with Gasteiger partial charge in [0, 0.05) is 35.9 Å². The van der Waals surface area contributed by atoms with Crippen LogP contribution in [0.5, 0.6) is 0 Å². The van der Waals surface area contributed by atoms with E-state index in [1.807, 2.05) is 20.8 Å². The zero-order valence-corrected chi connectivity index (χ0v) is 19.1. The zero-order chi connectivity index (χ0) is 19.9. The van der Waals surface area contributed by atoms with Crippen molar-refractivity contribution in [2.75, 3.05) is 34.5 Å². The molecule has 2 aliphatic carbocycles. The molecule has 8 heteroatoms. The van der Waals surface area contributed by atoms with Crippen molar-refractivity contribution in [1.29, 1.82) is 0 Å². The topological polar surface area (TPSA) is 77.5 Å². The van der Waals surface area contributed by atoms with Gasteiger partial charge < -0.3 is 0 Å². The third-order valence-electron chi connectivity index (χ3n) is 6.96. The Morgan fingerprint density at radius 3 is 2.48 bits per heavy atom. The van der Waals surface area contributed by atoms with Crippen LogP contribution in [0.1, 0.15) is 52.9 Å². The molecule has 156 valence electrons. The van der Waals surface area contributed by atoms with E-state index in [0.717, 1.165) is 24.3 Å². The van der Waals surface area contributed by atoms with Crippen LogP contribution < -0.4 is 0 Å². The number of carbonyl (C=O) groups is 2. The molecule has 0 N–H and O–H groups in total. The molecular formula is C19H32O5S3. The van der Waals surface area contributed by atoms with Crippen molar-refractivity contribution < 1.29 is 21.6 Å². The van der Waals surface area contributed by atoms with E-state index in [4.69, 9.17) is 3.63 Å². The van der Waals surface area contributed by atoms with Crippen LogP contribution in [-0.2, 0) is 23.3 Å². The molecule has 1 saturated heterocycles.